The van der Waals surface area contributed by atoms with Crippen molar-refractivity contribution in [2.75, 3.05) is 18.9 Å². The SMILES string of the molecule is CNc1nn2c(c1S(=O)(=O)c1cccc(Cl)c1)N=C(C)CC2(C)CN. The van der Waals surface area contributed by atoms with Crippen LogP contribution in [0.1, 0.15) is 20.3 Å². The Morgan fingerprint density at radius 3 is 2.76 bits per heavy atom. The summed E-state index contributed by atoms with van der Waals surface area (Å²) in [5.41, 5.74) is 6.23. The molecule has 1 unspecified atom stereocenters. The molecule has 1 aromatic carbocycles. The Kier molecular flexibility index (Phi) is 4.38. The van der Waals surface area contributed by atoms with Gasteiger partial charge in [-0.2, -0.15) is 5.10 Å². The van der Waals surface area contributed by atoms with Gasteiger partial charge in [-0.25, -0.2) is 18.1 Å². The van der Waals surface area contributed by atoms with Crippen molar-refractivity contribution >= 4 is 38.8 Å². The van der Waals surface area contributed by atoms with Gasteiger partial charge in [-0.05, 0) is 32.0 Å². The molecule has 1 aliphatic rings. The lowest BCUT2D eigenvalue weighted by Crippen LogP contribution is -2.42. The zero-order valence-electron chi connectivity index (χ0n) is 14.2. The van der Waals surface area contributed by atoms with E-state index in [9.17, 15) is 8.42 Å². The first kappa shape index (κ1) is 17.9. The maximum Gasteiger partial charge on any atom is 0.214 e. The molecular formula is C16H20ClN5O2S. The summed E-state index contributed by atoms with van der Waals surface area (Å²) in [7, 11) is -2.24. The van der Waals surface area contributed by atoms with E-state index in [1.54, 1.807) is 23.9 Å². The van der Waals surface area contributed by atoms with Crippen molar-refractivity contribution in [1.82, 2.24) is 9.78 Å². The van der Waals surface area contributed by atoms with Gasteiger partial charge in [0.2, 0.25) is 9.84 Å². The third kappa shape index (κ3) is 2.84. The van der Waals surface area contributed by atoms with E-state index < -0.39 is 15.4 Å². The van der Waals surface area contributed by atoms with Gasteiger partial charge in [0.15, 0.2) is 16.5 Å². The Morgan fingerprint density at radius 1 is 1.44 bits per heavy atom. The van der Waals surface area contributed by atoms with Crippen molar-refractivity contribution < 1.29 is 8.42 Å². The first-order chi connectivity index (χ1) is 11.7. The molecule has 7 nitrogen and oxygen atoms in total. The van der Waals surface area contributed by atoms with E-state index in [-0.39, 0.29) is 15.6 Å². The van der Waals surface area contributed by atoms with Crippen LogP contribution >= 0.6 is 11.6 Å². The number of anilines is 1. The predicted molar refractivity (Wildman–Crippen MR) is 98.8 cm³/mol. The molecule has 0 amide bonds. The number of halogens is 1. The highest BCUT2D eigenvalue weighted by atomic mass is 35.5. The van der Waals surface area contributed by atoms with Gasteiger partial charge in [-0.15, -0.1) is 0 Å². The zero-order valence-corrected chi connectivity index (χ0v) is 15.8. The fourth-order valence-electron chi connectivity index (χ4n) is 3.04. The number of aromatic nitrogens is 2. The van der Waals surface area contributed by atoms with Crippen LogP contribution in [0, 0.1) is 0 Å². The molecule has 25 heavy (non-hydrogen) atoms. The third-order valence-electron chi connectivity index (χ3n) is 4.32. The molecular weight excluding hydrogens is 362 g/mol. The average molecular weight is 382 g/mol. The fourth-order valence-corrected chi connectivity index (χ4v) is 4.84. The van der Waals surface area contributed by atoms with Crippen molar-refractivity contribution in [2.45, 2.75) is 35.6 Å². The van der Waals surface area contributed by atoms with Crippen LogP contribution in [-0.2, 0) is 15.4 Å². The summed E-state index contributed by atoms with van der Waals surface area (Å²) in [6, 6.07) is 6.15. The van der Waals surface area contributed by atoms with E-state index in [0.29, 0.717) is 23.8 Å². The molecule has 1 aliphatic heterocycles. The fraction of sp³-hybridized carbons (Fsp3) is 0.375. The molecule has 0 bridgehead atoms. The van der Waals surface area contributed by atoms with E-state index in [1.807, 2.05) is 13.8 Å². The molecule has 2 aromatic rings. The second kappa shape index (κ2) is 6.12. The Bertz CT molecular complexity index is 967. The van der Waals surface area contributed by atoms with E-state index >= 15 is 0 Å². The lowest BCUT2D eigenvalue weighted by molar-refractivity contribution is 0.304. The molecule has 1 aromatic heterocycles. The van der Waals surface area contributed by atoms with Crippen LogP contribution in [0.5, 0.6) is 0 Å². The number of hydrogen-bond donors (Lipinski definition) is 2. The lowest BCUT2D eigenvalue weighted by Gasteiger charge is -2.32. The Balaban J connectivity index is 2.32. The molecule has 0 saturated carbocycles. The van der Waals surface area contributed by atoms with Crippen molar-refractivity contribution in [3.63, 3.8) is 0 Å². The van der Waals surface area contributed by atoms with Crippen LogP contribution in [0.3, 0.4) is 0 Å². The first-order valence-electron chi connectivity index (χ1n) is 7.79. The second-order valence-corrected chi connectivity index (χ2v) is 8.67. The molecule has 2 heterocycles. The summed E-state index contributed by atoms with van der Waals surface area (Å²) in [5, 5.41) is 7.66. The largest absolute Gasteiger partial charge is 0.371 e. The zero-order chi connectivity index (χ0) is 18.4. The predicted octanol–water partition coefficient (Wildman–Crippen LogP) is 2.58. The topological polar surface area (TPSA) is 102 Å². The van der Waals surface area contributed by atoms with Crippen LogP contribution in [0.25, 0.3) is 0 Å². The normalized spacial score (nSPS) is 20.1. The molecule has 0 radical (unpaired) electrons. The van der Waals surface area contributed by atoms with Crippen LogP contribution in [0.4, 0.5) is 11.6 Å². The number of fused-ring (bicyclic) bond motifs is 1. The number of aliphatic imine (C=N–C) groups is 1. The molecule has 3 rings (SSSR count). The smallest absolute Gasteiger partial charge is 0.214 e. The molecule has 3 N–H and O–H groups in total. The highest BCUT2D eigenvalue weighted by Crippen LogP contribution is 2.42. The molecule has 0 fully saturated rings. The van der Waals surface area contributed by atoms with Gasteiger partial charge in [0.25, 0.3) is 0 Å². The van der Waals surface area contributed by atoms with E-state index in [4.69, 9.17) is 17.3 Å². The highest BCUT2D eigenvalue weighted by Gasteiger charge is 2.39. The molecule has 0 aliphatic carbocycles. The lowest BCUT2D eigenvalue weighted by atomic mass is 9.94. The van der Waals surface area contributed by atoms with Crippen molar-refractivity contribution in [3.8, 4) is 0 Å². The second-order valence-electron chi connectivity index (χ2n) is 6.35. The Hall–Kier alpha value is -1.90. The van der Waals surface area contributed by atoms with Crippen molar-refractivity contribution in [2.24, 2.45) is 10.7 Å². The minimum atomic E-state index is -3.86. The van der Waals surface area contributed by atoms with E-state index in [1.165, 1.54) is 12.1 Å². The van der Waals surface area contributed by atoms with Crippen LogP contribution in [-0.4, -0.2) is 37.5 Å². The van der Waals surface area contributed by atoms with Gasteiger partial charge in [-0.1, -0.05) is 17.7 Å². The van der Waals surface area contributed by atoms with Gasteiger partial charge in [-0.3, -0.25) is 0 Å². The molecule has 134 valence electrons. The first-order valence-corrected chi connectivity index (χ1v) is 9.65. The van der Waals surface area contributed by atoms with Gasteiger partial charge in [0.1, 0.15) is 0 Å². The molecule has 0 saturated heterocycles. The maximum atomic E-state index is 13.3. The molecule has 1 atom stereocenters. The number of benzene rings is 1. The number of nitrogens with two attached hydrogens (primary N) is 1. The van der Waals surface area contributed by atoms with Crippen molar-refractivity contribution in [3.05, 3.63) is 29.3 Å². The van der Waals surface area contributed by atoms with Crippen LogP contribution in [0.15, 0.2) is 39.0 Å². The number of nitrogens with one attached hydrogen (secondary N) is 1. The summed E-state index contributed by atoms with van der Waals surface area (Å²) in [6.45, 7) is 4.12. The summed E-state index contributed by atoms with van der Waals surface area (Å²) in [4.78, 5) is 4.62. The Morgan fingerprint density at radius 2 is 2.16 bits per heavy atom. The number of rotatable bonds is 4. The Labute approximate surface area is 151 Å². The van der Waals surface area contributed by atoms with Crippen molar-refractivity contribution in [1.29, 1.82) is 0 Å². The summed E-state index contributed by atoms with van der Waals surface area (Å²) < 4.78 is 28.1. The van der Waals surface area contributed by atoms with Gasteiger partial charge in [0.05, 0.1) is 10.4 Å². The number of hydrogen-bond acceptors (Lipinski definition) is 6. The minimum Gasteiger partial charge on any atom is -0.371 e. The summed E-state index contributed by atoms with van der Waals surface area (Å²) in [5.74, 6) is 0.536. The average Bonchev–Trinajstić information content (AvgIpc) is 2.94. The molecule has 9 heteroatoms. The van der Waals surface area contributed by atoms with Crippen LogP contribution in [0.2, 0.25) is 5.02 Å². The minimum absolute atomic E-state index is 0.0380. The van der Waals surface area contributed by atoms with Gasteiger partial charge in [0, 0.05) is 30.7 Å². The van der Waals surface area contributed by atoms with E-state index in [2.05, 4.69) is 15.4 Å². The van der Waals surface area contributed by atoms with Gasteiger partial charge >= 0.3 is 0 Å². The van der Waals surface area contributed by atoms with Crippen LogP contribution < -0.4 is 11.1 Å². The summed E-state index contributed by atoms with van der Waals surface area (Å²) in [6.07, 6.45) is 0.609. The monoisotopic (exact) mass is 381 g/mol. The summed E-state index contributed by atoms with van der Waals surface area (Å²) >= 11 is 5.98. The quantitative estimate of drug-likeness (QED) is 0.847. The van der Waals surface area contributed by atoms with E-state index in [0.717, 1.165) is 5.71 Å². The third-order valence-corrected chi connectivity index (χ3v) is 6.34. The highest BCUT2D eigenvalue weighted by molar-refractivity contribution is 7.91. The maximum absolute atomic E-state index is 13.3. The number of nitrogens with zero attached hydrogens (tertiary/aromatic N) is 3. The number of sulfone groups is 1. The molecule has 0 spiro atoms. The standard InChI is InChI=1S/C16H20ClN5O2S/c1-10-8-16(2,9-18)22-15(20-10)13(14(19-3)21-22)25(23,24)12-6-4-5-11(17)7-12/h4-7H,8-9,18H2,1-3H3,(H,19,21). The van der Waals surface area contributed by atoms with Gasteiger partial charge < -0.3 is 11.1 Å².